The van der Waals surface area contributed by atoms with E-state index in [2.05, 4.69) is 22.1 Å². The predicted molar refractivity (Wildman–Crippen MR) is 121 cm³/mol. The Labute approximate surface area is 200 Å². The summed E-state index contributed by atoms with van der Waals surface area (Å²) in [4.78, 5) is 12.3. The molecule has 0 aliphatic rings. The molecule has 2 aromatic carbocycles. The lowest BCUT2D eigenvalue weighted by Gasteiger charge is -2.12. The highest BCUT2D eigenvalue weighted by atomic mass is 35.5. The van der Waals surface area contributed by atoms with Crippen LogP contribution in [0.25, 0.3) is 11.4 Å². The molecule has 5 nitrogen and oxygen atoms in total. The quantitative estimate of drug-likeness (QED) is 0.273. The number of allylic oxidation sites excluding steroid dienone is 1. The van der Waals surface area contributed by atoms with E-state index < -0.39 is 17.6 Å². The zero-order valence-electron chi connectivity index (χ0n) is 16.1. The van der Waals surface area contributed by atoms with Gasteiger partial charge in [-0.1, -0.05) is 52.6 Å². The van der Waals surface area contributed by atoms with E-state index in [0.29, 0.717) is 33.1 Å². The molecular formula is C20H14Cl3F3N4OS. The number of rotatable bonds is 7. The first-order valence-corrected chi connectivity index (χ1v) is 11.0. The van der Waals surface area contributed by atoms with Gasteiger partial charge in [0.2, 0.25) is 5.91 Å². The Morgan fingerprint density at radius 3 is 2.47 bits per heavy atom. The zero-order chi connectivity index (χ0) is 23.5. The van der Waals surface area contributed by atoms with Crippen LogP contribution in [0.2, 0.25) is 15.1 Å². The Morgan fingerprint density at radius 1 is 1.09 bits per heavy atom. The van der Waals surface area contributed by atoms with Gasteiger partial charge >= 0.3 is 6.18 Å². The maximum absolute atomic E-state index is 12.9. The average Bonchev–Trinajstić information content (AvgIpc) is 3.12. The van der Waals surface area contributed by atoms with Crippen LogP contribution in [-0.2, 0) is 17.5 Å². The number of anilines is 1. The van der Waals surface area contributed by atoms with Gasteiger partial charge in [-0.25, -0.2) is 0 Å². The van der Waals surface area contributed by atoms with E-state index in [0.717, 1.165) is 30.0 Å². The van der Waals surface area contributed by atoms with Gasteiger partial charge < -0.3 is 5.32 Å². The first-order chi connectivity index (χ1) is 15.1. The van der Waals surface area contributed by atoms with Crippen molar-refractivity contribution in [1.82, 2.24) is 14.8 Å². The molecule has 0 saturated carbocycles. The summed E-state index contributed by atoms with van der Waals surface area (Å²) in [7, 11) is 0. The summed E-state index contributed by atoms with van der Waals surface area (Å²) in [5.41, 5.74) is -0.376. The summed E-state index contributed by atoms with van der Waals surface area (Å²) in [6.45, 7) is 4.07. The number of nitrogens with one attached hydrogen (secondary N) is 1. The summed E-state index contributed by atoms with van der Waals surface area (Å²) in [5.74, 6) is -0.198. The van der Waals surface area contributed by atoms with Crippen molar-refractivity contribution in [1.29, 1.82) is 0 Å². The lowest BCUT2D eigenvalue weighted by atomic mass is 10.2. The Kier molecular flexibility index (Phi) is 7.76. The predicted octanol–water partition coefficient (Wildman–Crippen LogP) is 6.84. The van der Waals surface area contributed by atoms with E-state index >= 15 is 0 Å². The standard InChI is InChI=1S/C20H14Cl3F3N4OS/c1-2-7-30-18(11-3-5-13(21)15(23)8-11)28-29-19(30)32-10-17(31)27-16-9-12(20(24,25)26)4-6-14(16)22/h2-6,8-9H,1,7,10H2,(H,27,31). The number of nitrogens with zero attached hydrogens (tertiary/aromatic N) is 3. The summed E-state index contributed by atoms with van der Waals surface area (Å²) in [5, 5.41) is 11.8. The van der Waals surface area contributed by atoms with Gasteiger partial charge in [-0.05, 0) is 36.4 Å². The third-order valence-corrected chi connectivity index (χ3v) is 6.14. The highest BCUT2D eigenvalue weighted by Gasteiger charge is 2.31. The number of hydrogen-bond donors (Lipinski definition) is 1. The van der Waals surface area contributed by atoms with Gasteiger partial charge in [-0.2, -0.15) is 13.2 Å². The molecule has 0 bridgehead atoms. The second-order valence-corrected chi connectivity index (χ2v) is 8.53. The molecule has 0 aliphatic carbocycles. The number of carbonyl (C=O) groups excluding carboxylic acids is 1. The van der Waals surface area contributed by atoms with Crippen molar-refractivity contribution in [2.45, 2.75) is 17.9 Å². The molecule has 0 fully saturated rings. The van der Waals surface area contributed by atoms with Crippen molar-refractivity contribution in [2.24, 2.45) is 0 Å². The largest absolute Gasteiger partial charge is 0.416 e. The van der Waals surface area contributed by atoms with E-state index in [9.17, 15) is 18.0 Å². The van der Waals surface area contributed by atoms with Gasteiger partial charge in [-0.3, -0.25) is 9.36 Å². The Bertz CT molecular complexity index is 1170. The van der Waals surface area contributed by atoms with Gasteiger partial charge in [0, 0.05) is 12.1 Å². The first kappa shape index (κ1) is 24.4. The van der Waals surface area contributed by atoms with Crippen LogP contribution in [0.1, 0.15) is 5.56 Å². The molecule has 12 heteroatoms. The smallest absolute Gasteiger partial charge is 0.324 e. The molecule has 0 unspecified atom stereocenters. The number of carbonyl (C=O) groups is 1. The normalized spacial score (nSPS) is 11.4. The number of alkyl halides is 3. The number of benzene rings is 2. The van der Waals surface area contributed by atoms with Crippen LogP contribution in [0.15, 0.2) is 54.2 Å². The molecule has 0 atom stereocenters. The van der Waals surface area contributed by atoms with Crippen LogP contribution in [-0.4, -0.2) is 26.4 Å². The molecule has 3 rings (SSSR count). The van der Waals surface area contributed by atoms with Crippen LogP contribution in [0, 0.1) is 0 Å². The molecule has 1 heterocycles. The number of halogens is 6. The minimum atomic E-state index is -4.55. The third-order valence-electron chi connectivity index (χ3n) is 4.11. The fraction of sp³-hybridized carbons (Fsp3) is 0.150. The van der Waals surface area contributed by atoms with E-state index in [4.69, 9.17) is 34.8 Å². The van der Waals surface area contributed by atoms with E-state index in [1.807, 2.05) is 0 Å². The van der Waals surface area contributed by atoms with Crippen molar-refractivity contribution < 1.29 is 18.0 Å². The van der Waals surface area contributed by atoms with E-state index in [1.54, 1.807) is 28.8 Å². The third kappa shape index (κ3) is 5.78. The number of amides is 1. The Hall–Kier alpha value is -2.20. The molecule has 1 amide bonds. The second kappa shape index (κ2) is 10.2. The van der Waals surface area contributed by atoms with Crippen LogP contribution >= 0.6 is 46.6 Å². The Balaban J connectivity index is 1.76. The van der Waals surface area contributed by atoms with Gasteiger partial charge in [0.15, 0.2) is 11.0 Å². The van der Waals surface area contributed by atoms with Crippen LogP contribution in [0.4, 0.5) is 18.9 Å². The summed E-state index contributed by atoms with van der Waals surface area (Å²) in [6, 6.07) is 7.71. The SMILES string of the molecule is C=CCn1c(SCC(=O)Nc2cc(C(F)(F)F)ccc2Cl)nnc1-c1ccc(Cl)c(Cl)c1. The topological polar surface area (TPSA) is 59.8 Å². The zero-order valence-corrected chi connectivity index (χ0v) is 19.2. The molecule has 0 saturated heterocycles. The van der Waals surface area contributed by atoms with E-state index in [1.165, 1.54) is 0 Å². The monoisotopic (exact) mass is 520 g/mol. The molecule has 0 radical (unpaired) electrons. The second-order valence-electron chi connectivity index (χ2n) is 6.36. The fourth-order valence-electron chi connectivity index (χ4n) is 2.65. The number of hydrogen-bond acceptors (Lipinski definition) is 4. The first-order valence-electron chi connectivity index (χ1n) is 8.89. The highest BCUT2D eigenvalue weighted by Crippen LogP contribution is 2.34. The number of aromatic nitrogens is 3. The van der Waals surface area contributed by atoms with Gasteiger partial charge in [0.05, 0.1) is 32.1 Å². The summed E-state index contributed by atoms with van der Waals surface area (Å²) in [6.07, 6.45) is -2.92. The molecule has 1 N–H and O–H groups in total. The van der Waals surface area contributed by atoms with Crippen LogP contribution < -0.4 is 5.32 Å². The molecule has 0 aliphatic heterocycles. The fourth-order valence-corrected chi connectivity index (χ4v) is 3.86. The van der Waals surface area contributed by atoms with Crippen molar-refractivity contribution in [3.63, 3.8) is 0 Å². The lowest BCUT2D eigenvalue weighted by molar-refractivity contribution is -0.137. The summed E-state index contributed by atoms with van der Waals surface area (Å²) >= 11 is 19.0. The molecule has 0 spiro atoms. The number of thioether (sulfide) groups is 1. The van der Waals surface area contributed by atoms with Crippen LogP contribution in [0.5, 0.6) is 0 Å². The Morgan fingerprint density at radius 2 is 1.81 bits per heavy atom. The molecule has 1 aromatic heterocycles. The van der Waals surface area contributed by atoms with Gasteiger partial charge in [0.25, 0.3) is 0 Å². The molecule has 3 aromatic rings. The molecule has 168 valence electrons. The van der Waals surface area contributed by atoms with Crippen molar-refractivity contribution >= 4 is 58.2 Å². The minimum absolute atomic E-state index is 0.00641. The van der Waals surface area contributed by atoms with Crippen molar-refractivity contribution in [3.05, 3.63) is 69.7 Å². The maximum atomic E-state index is 12.9. The minimum Gasteiger partial charge on any atom is -0.324 e. The van der Waals surface area contributed by atoms with E-state index in [-0.39, 0.29) is 16.5 Å². The van der Waals surface area contributed by atoms with Crippen molar-refractivity contribution in [3.8, 4) is 11.4 Å². The van der Waals surface area contributed by atoms with Gasteiger partial charge in [0.1, 0.15) is 0 Å². The highest BCUT2D eigenvalue weighted by molar-refractivity contribution is 7.99. The maximum Gasteiger partial charge on any atom is 0.416 e. The van der Waals surface area contributed by atoms with Gasteiger partial charge in [-0.15, -0.1) is 16.8 Å². The summed E-state index contributed by atoms with van der Waals surface area (Å²) < 4.78 is 40.5. The van der Waals surface area contributed by atoms with Crippen molar-refractivity contribution in [2.75, 3.05) is 11.1 Å². The average molecular weight is 522 g/mol. The molecule has 32 heavy (non-hydrogen) atoms. The lowest BCUT2D eigenvalue weighted by Crippen LogP contribution is -2.16. The van der Waals surface area contributed by atoms with Crippen LogP contribution in [0.3, 0.4) is 0 Å². The molecular weight excluding hydrogens is 508 g/mol.